The molecule has 0 bridgehead atoms. The van der Waals surface area contributed by atoms with Crippen LogP contribution in [0.1, 0.15) is 65.5 Å². The molecule has 8 atom stereocenters. The number of carbonyl (C=O) groups excluding carboxylic acids is 5. The number of amides is 5. The van der Waals surface area contributed by atoms with Gasteiger partial charge in [-0.2, -0.15) is 0 Å². The highest BCUT2D eigenvalue weighted by atomic mass is 16.4. The van der Waals surface area contributed by atoms with Crippen molar-refractivity contribution in [3.05, 3.63) is 59.7 Å². The zero-order valence-electron chi connectivity index (χ0n) is 32.0. The summed E-state index contributed by atoms with van der Waals surface area (Å²) < 4.78 is 0. The van der Waals surface area contributed by atoms with Gasteiger partial charge in [-0.15, -0.1) is 0 Å². The number of rotatable bonds is 21. The van der Waals surface area contributed by atoms with Gasteiger partial charge in [0.15, 0.2) is 6.04 Å². The molecule has 304 valence electrons. The van der Waals surface area contributed by atoms with Crippen LogP contribution in [0, 0.1) is 11.8 Å². The molecule has 17 nitrogen and oxygen atoms in total. The number of benzene rings is 2. The second-order valence-electron chi connectivity index (χ2n) is 14.6. The van der Waals surface area contributed by atoms with Crippen molar-refractivity contribution in [1.29, 1.82) is 0 Å². The van der Waals surface area contributed by atoms with Gasteiger partial charge in [-0.05, 0) is 73.9 Å². The van der Waals surface area contributed by atoms with Crippen molar-refractivity contribution in [2.45, 2.75) is 116 Å². The summed E-state index contributed by atoms with van der Waals surface area (Å²) in [6.07, 6.45) is -2.87. The van der Waals surface area contributed by atoms with Gasteiger partial charge in [-0.25, -0.2) is 4.79 Å². The molecule has 0 aliphatic rings. The zero-order chi connectivity index (χ0) is 41.6. The number of nitrogens with two attached hydrogens (primary N) is 1. The first-order valence-corrected chi connectivity index (χ1v) is 18.1. The fourth-order valence-electron chi connectivity index (χ4n) is 5.59. The third kappa shape index (κ3) is 15.6. The maximum Gasteiger partial charge on any atom is 0.328 e. The van der Waals surface area contributed by atoms with E-state index in [1.165, 1.54) is 50.2 Å². The number of hydrogen-bond donors (Lipinski definition) is 11. The highest BCUT2D eigenvalue weighted by Crippen LogP contribution is 2.15. The van der Waals surface area contributed by atoms with Gasteiger partial charge in [0, 0.05) is 12.8 Å². The van der Waals surface area contributed by atoms with Crippen molar-refractivity contribution < 1.29 is 54.3 Å². The molecule has 5 amide bonds. The number of aliphatic carboxylic acids is 1. The standard InChI is InChI=1S/C38H56N6O11/c1-19(2)15-27(39)33(49)40-29(17-23-7-11-25(47)12-8-23)35(51)43-31(21(5)45)37(53)42-28(16-20(3)4)34(50)41-30(18-24-9-13-26(48)14-10-24)36(52)44-32(22(6)46)38(54)55/h7-14,19-22,27-32,45-48H,15-18,39H2,1-6H3,(H,40,49)(H,41,50)(H,42,53)(H,43,51)(H,44,52)(H,54,55)/t21-,22-,27+,28+,29+,30+,31+,32+/m1/s1. The lowest BCUT2D eigenvalue weighted by Crippen LogP contribution is -2.62. The van der Waals surface area contributed by atoms with Crippen LogP contribution in [-0.2, 0) is 41.6 Å². The molecule has 0 heterocycles. The molecule has 17 heteroatoms. The second kappa shape index (κ2) is 21.6. The largest absolute Gasteiger partial charge is 0.508 e. The first-order chi connectivity index (χ1) is 25.7. The number of phenols is 2. The Balaban J connectivity index is 2.36. The first kappa shape index (κ1) is 45.9. The topological polar surface area (TPSA) is 290 Å². The third-order valence-corrected chi connectivity index (χ3v) is 8.53. The van der Waals surface area contributed by atoms with Crippen LogP contribution in [0.15, 0.2) is 48.5 Å². The van der Waals surface area contributed by atoms with E-state index in [9.17, 15) is 54.3 Å². The summed E-state index contributed by atoms with van der Waals surface area (Å²) in [5.41, 5.74) is 7.09. The van der Waals surface area contributed by atoms with E-state index in [4.69, 9.17) is 5.73 Å². The van der Waals surface area contributed by atoms with Crippen LogP contribution in [0.2, 0.25) is 0 Å². The molecule has 2 rings (SSSR count). The van der Waals surface area contributed by atoms with E-state index in [1.54, 1.807) is 26.0 Å². The number of carboxylic acids is 1. The van der Waals surface area contributed by atoms with E-state index in [1.807, 2.05) is 13.8 Å². The quantitative estimate of drug-likeness (QED) is 0.0771. The number of hydrogen-bond acceptors (Lipinski definition) is 11. The zero-order valence-corrected chi connectivity index (χ0v) is 32.0. The van der Waals surface area contributed by atoms with Crippen molar-refractivity contribution in [2.75, 3.05) is 0 Å². The number of carbonyl (C=O) groups is 6. The summed E-state index contributed by atoms with van der Waals surface area (Å²) in [7, 11) is 0. The fourth-order valence-corrected chi connectivity index (χ4v) is 5.59. The fraction of sp³-hybridized carbons (Fsp3) is 0.526. The summed E-state index contributed by atoms with van der Waals surface area (Å²) in [5, 5.41) is 61.9. The van der Waals surface area contributed by atoms with Crippen molar-refractivity contribution in [3.8, 4) is 11.5 Å². The Kier molecular flexibility index (Phi) is 18.0. The van der Waals surface area contributed by atoms with E-state index in [0.717, 1.165) is 0 Å². The summed E-state index contributed by atoms with van der Waals surface area (Å²) in [4.78, 5) is 79.3. The molecule has 2 aromatic carbocycles. The van der Waals surface area contributed by atoms with E-state index in [2.05, 4.69) is 26.6 Å². The molecule has 55 heavy (non-hydrogen) atoms. The van der Waals surface area contributed by atoms with Crippen LogP contribution in [-0.4, -0.2) is 109 Å². The van der Waals surface area contributed by atoms with Gasteiger partial charge in [-0.1, -0.05) is 52.0 Å². The van der Waals surface area contributed by atoms with Crippen molar-refractivity contribution in [3.63, 3.8) is 0 Å². The molecular formula is C38H56N6O11. The molecular weight excluding hydrogens is 716 g/mol. The second-order valence-corrected chi connectivity index (χ2v) is 14.6. The Morgan fingerprint density at radius 1 is 0.527 bits per heavy atom. The highest BCUT2D eigenvalue weighted by Gasteiger charge is 2.35. The Labute approximate surface area is 320 Å². The molecule has 0 aromatic heterocycles. The lowest BCUT2D eigenvalue weighted by Gasteiger charge is -2.29. The molecule has 0 unspecified atom stereocenters. The van der Waals surface area contributed by atoms with Crippen molar-refractivity contribution >= 4 is 35.5 Å². The number of aliphatic hydroxyl groups is 2. The minimum atomic E-state index is -1.71. The Morgan fingerprint density at radius 3 is 1.27 bits per heavy atom. The van der Waals surface area contributed by atoms with E-state index in [-0.39, 0.29) is 42.6 Å². The van der Waals surface area contributed by atoms with Gasteiger partial charge < -0.3 is 57.9 Å². The Hall–Kier alpha value is -5.26. The SMILES string of the molecule is CC(C)C[C@H](NC(=O)[C@@H](NC(=O)[C@H](Cc1ccc(O)cc1)NC(=O)[C@@H](N)CC(C)C)[C@@H](C)O)C(=O)N[C@@H](Cc1ccc(O)cc1)C(=O)N[C@H](C(=O)O)[C@@H](C)O. The number of phenolic OH excluding ortho intramolecular Hbond substituents is 2. The van der Waals surface area contributed by atoms with Gasteiger partial charge in [0.05, 0.1) is 18.2 Å². The molecule has 12 N–H and O–H groups in total. The summed E-state index contributed by atoms with van der Waals surface area (Å²) in [6, 6.07) is 3.31. The Bertz CT molecular complexity index is 1600. The van der Waals surface area contributed by atoms with Crippen LogP contribution < -0.4 is 32.3 Å². The summed E-state index contributed by atoms with van der Waals surface area (Å²) >= 11 is 0. The van der Waals surface area contributed by atoms with Gasteiger partial charge >= 0.3 is 5.97 Å². The molecule has 0 spiro atoms. The average Bonchev–Trinajstić information content (AvgIpc) is 3.09. The predicted molar refractivity (Wildman–Crippen MR) is 201 cm³/mol. The minimum absolute atomic E-state index is 0.0184. The maximum atomic E-state index is 13.8. The van der Waals surface area contributed by atoms with Crippen LogP contribution in [0.5, 0.6) is 11.5 Å². The van der Waals surface area contributed by atoms with Gasteiger partial charge in [0.2, 0.25) is 29.5 Å². The monoisotopic (exact) mass is 772 g/mol. The Morgan fingerprint density at radius 2 is 0.891 bits per heavy atom. The highest BCUT2D eigenvalue weighted by molar-refractivity contribution is 5.96. The molecule has 0 saturated carbocycles. The molecule has 0 aliphatic carbocycles. The maximum absolute atomic E-state index is 13.8. The third-order valence-electron chi connectivity index (χ3n) is 8.53. The van der Waals surface area contributed by atoms with E-state index >= 15 is 0 Å². The number of aromatic hydroxyl groups is 2. The molecule has 0 aliphatic heterocycles. The number of carboxylic acid groups (broad SMARTS) is 1. The van der Waals surface area contributed by atoms with Crippen LogP contribution in [0.4, 0.5) is 0 Å². The van der Waals surface area contributed by atoms with Gasteiger partial charge in [0.25, 0.3) is 0 Å². The normalized spacial score (nSPS) is 15.7. The smallest absolute Gasteiger partial charge is 0.328 e. The lowest BCUT2D eigenvalue weighted by atomic mass is 9.99. The lowest BCUT2D eigenvalue weighted by molar-refractivity contribution is -0.145. The van der Waals surface area contributed by atoms with Crippen LogP contribution >= 0.6 is 0 Å². The molecule has 0 fully saturated rings. The van der Waals surface area contributed by atoms with Crippen molar-refractivity contribution in [2.24, 2.45) is 17.6 Å². The van der Waals surface area contributed by atoms with Crippen LogP contribution in [0.3, 0.4) is 0 Å². The van der Waals surface area contributed by atoms with Crippen LogP contribution in [0.25, 0.3) is 0 Å². The minimum Gasteiger partial charge on any atom is -0.508 e. The summed E-state index contributed by atoms with van der Waals surface area (Å²) in [6.45, 7) is 9.70. The number of nitrogens with one attached hydrogen (secondary N) is 5. The van der Waals surface area contributed by atoms with E-state index in [0.29, 0.717) is 17.5 Å². The first-order valence-electron chi connectivity index (χ1n) is 18.1. The summed E-state index contributed by atoms with van der Waals surface area (Å²) in [5.74, 6) is -5.95. The average molecular weight is 773 g/mol. The number of aliphatic hydroxyl groups excluding tert-OH is 2. The van der Waals surface area contributed by atoms with Gasteiger partial charge in [0.1, 0.15) is 35.7 Å². The van der Waals surface area contributed by atoms with Gasteiger partial charge in [-0.3, -0.25) is 24.0 Å². The molecule has 0 radical (unpaired) electrons. The predicted octanol–water partition coefficient (Wildman–Crippen LogP) is -0.427. The molecule has 2 aromatic rings. The van der Waals surface area contributed by atoms with Crippen molar-refractivity contribution in [1.82, 2.24) is 26.6 Å². The van der Waals surface area contributed by atoms with E-state index < -0.39 is 84.0 Å². The molecule has 0 saturated heterocycles.